The van der Waals surface area contributed by atoms with Crippen LogP contribution >= 0.6 is 0 Å². The molecule has 7 nitrogen and oxygen atoms in total. The lowest BCUT2D eigenvalue weighted by Crippen LogP contribution is -2.54. The molecule has 2 heterocycles. The highest BCUT2D eigenvalue weighted by atomic mass is 16.6. The van der Waals surface area contributed by atoms with E-state index in [-0.39, 0.29) is 24.3 Å². The number of methoxy groups -OCH3 is 1. The van der Waals surface area contributed by atoms with Gasteiger partial charge in [0.15, 0.2) is 6.61 Å². The van der Waals surface area contributed by atoms with E-state index in [0.717, 1.165) is 4.90 Å². The molecule has 0 atom stereocenters. The van der Waals surface area contributed by atoms with E-state index in [1.165, 1.54) is 0 Å². The molecule has 0 bridgehead atoms. The molecule has 2 fully saturated rings. The number of carbonyl (C=O) groups excluding carboxylic acids is 3. The van der Waals surface area contributed by atoms with Crippen LogP contribution in [0.3, 0.4) is 0 Å². The fraction of sp³-hybridized carbons (Fsp3) is 0.400. The molecule has 2 aliphatic rings. The number of hydrogen-bond acceptors (Lipinski definition) is 5. The predicted molar refractivity (Wildman–Crippen MR) is 75.4 cm³/mol. The van der Waals surface area contributed by atoms with Gasteiger partial charge in [-0.25, -0.2) is 9.69 Å². The normalized spacial score (nSPS) is 18.2. The maximum Gasteiger partial charge on any atom is 0.417 e. The van der Waals surface area contributed by atoms with Crippen LogP contribution in [-0.4, -0.2) is 61.1 Å². The molecule has 3 amide bonds. The summed E-state index contributed by atoms with van der Waals surface area (Å²) in [6.45, 7) is 1.16. The van der Waals surface area contributed by atoms with Crippen molar-refractivity contribution in [2.24, 2.45) is 5.92 Å². The minimum Gasteiger partial charge on any atom is -0.497 e. The number of hydrogen-bond donors (Lipinski definition) is 0. The highest BCUT2D eigenvalue weighted by molar-refractivity contribution is 5.98. The number of rotatable bonds is 4. The second-order valence-electron chi connectivity index (χ2n) is 5.37. The summed E-state index contributed by atoms with van der Waals surface area (Å²) in [4.78, 5) is 37.9. The summed E-state index contributed by atoms with van der Waals surface area (Å²) in [7, 11) is 1.55. The molecule has 0 aromatic heterocycles. The lowest BCUT2D eigenvalue weighted by atomic mass is 9.98. The summed E-state index contributed by atoms with van der Waals surface area (Å²) in [6, 6.07) is 6.97. The summed E-state index contributed by atoms with van der Waals surface area (Å²) in [5.41, 5.74) is 0.564. The Morgan fingerprint density at radius 1 is 1.36 bits per heavy atom. The molecule has 0 spiro atoms. The number of ether oxygens (including phenoxy) is 2. The van der Waals surface area contributed by atoms with Gasteiger partial charge in [-0.2, -0.15) is 0 Å². The van der Waals surface area contributed by atoms with Crippen molar-refractivity contribution in [2.75, 3.05) is 33.4 Å². The van der Waals surface area contributed by atoms with Crippen LogP contribution in [0, 0.1) is 5.92 Å². The van der Waals surface area contributed by atoms with Crippen molar-refractivity contribution >= 4 is 17.9 Å². The number of benzene rings is 1. The lowest BCUT2D eigenvalue weighted by Gasteiger charge is -2.40. The van der Waals surface area contributed by atoms with Gasteiger partial charge in [-0.1, -0.05) is 6.07 Å². The van der Waals surface area contributed by atoms with E-state index in [9.17, 15) is 14.4 Å². The van der Waals surface area contributed by atoms with Crippen molar-refractivity contribution < 1.29 is 23.9 Å². The molecule has 0 saturated carbocycles. The molecule has 116 valence electrons. The van der Waals surface area contributed by atoms with Gasteiger partial charge in [-0.15, -0.1) is 0 Å². The Balaban J connectivity index is 1.55. The van der Waals surface area contributed by atoms with E-state index in [0.29, 0.717) is 30.9 Å². The van der Waals surface area contributed by atoms with Crippen LogP contribution in [0.4, 0.5) is 4.79 Å². The van der Waals surface area contributed by atoms with Gasteiger partial charge in [-0.3, -0.25) is 9.59 Å². The zero-order valence-corrected chi connectivity index (χ0v) is 12.2. The second-order valence-corrected chi connectivity index (χ2v) is 5.37. The summed E-state index contributed by atoms with van der Waals surface area (Å²) in [6.07, 6.45) is -0.595. The first kappa shape index (κ1) is 14.4. The quantitative estimate of drug-likeness (QED) is 0.820. The Kier molecular flexibility index (Phi) is 3.70. The van der Waals surface area contributed by atoms with E-state index >= 15 is 0 Å². The van der Waals surface area contributed by atoms with Crippen molar-refractivity contribution in [1.82, 2.24) is 9.80 Å². The molecule has 2 saturated heterocycles. The first-order chi connectivity index (χ1) is 10.6. The van der Waals surface area contributed by atoms with Crippen LogP contribution in [0.5, 0.6) is 5.75 Å². The van der Waals surface area contributed by atoms with Gasteiger partial charge in [0.05, 0.1) is 7.11 Å². The van der Waals surface area contributed by atoms with Crippen molar-refractivity contribution in [3.8, 4) is 5.75 Å². The largest absolute Gasteiger partial charge is 0.497 e. The molecule has 1 aromatic carbocycles. The minimum absolute atomic E-state index is 0.0783. The molecule has 7 heteroatoms. The molecule has 22 heavy (non-hydrogen) atoms. The molecular weight excluding hydrogens is 288 g/mol. The van der Waals surface area contributed by atoms with E-state index < -0.39 is 6.09 Å². The number of carbonyl (C=O) groups is 3. The number of cyclic esters (lactones) is 1. The Morgan fingerprint density at radius 2 is 2.14 bits per heavy atom. The third-order valence-corrected chi connectivity index (χ3v) is 3.84. The third kappa shape index (κ3) is 2.61. The maximum absolute atomic E-state index is 12.3. The van der Waals surface area contributed by atoms with Gasteiger partial charge >= 0.3 is 6.09 Å². The predicted octanol–water partition coefficient (Wildman–Crippen LogP) is 0.746. The van der Waals surface area contributed by atoms with Crippen molar-refractivity contribution in [3.05, 3.63) is 29.8 Å². The first-order valence-corrected chi connectivity index (χ1v) is 6.99. The molecule has 0 N–H and O–H groups in total. The van der Waals surface area contributed by atoms with Crippen LogP contribution < -0.4 is 4.74 Å². The van der Waals surface area contributed by atoms with Crippen molar-refractivity contribution in [1.29, 1.82) is 0 Å². The molecule has 0 aliphatic carbocycles. The van der Waals surface area contributed by atoms with Gasteiger partial charge in [0.1, 0.15) is 5.75 Å². The minimum atomic E-state index is -0.595. The van der Waals surface area contributed by atoms with E-state index in [1.807, 2.05) is 0 Å². The Morgan fingerprint density at radius 3 is 2.77 bits per heavy atom. The smallest absolute Gasteiger partial charge is 0.417 e. The SMILES string of the molecule is COc1cccc(C(=O)N2CC(CN3C(=O)COC3=O)C2)c1. The number of imide groups is 1. The van der Waals surface area contributed by atoms with Gasteiger partial charge in [0.25, 0.3) is 11.8 Å². The Bertz CT molecular complexity index is 608. The highest BCUT2D eigenvalue weighted by Gasteiger charge is 2.38. The van der Waals surface area contributed by atoms with Gasteiger partial charge < -0.3 is 14.4 Å². The summed E-state index contributed by atoms with van der Waals surface area (Å²) in [5.74, 6) is 0.338. The van der Waals surface area contributed by atoms with Crippen LogP contribution in [0.25, 0.3) is 0 Å². The van der Waals surface area contributed by atoms with Crippen molar-refractivity contribution in [2.45, 2.75) is 0 Å². The standard InChI is InChI=1S/C15H16N2O5/c1-21-12-4-2-3-11(5-12)14(19)16-6-10(7-16)8-17-13(18)9-22-15(17)20/h2-5,10H,6-9H2,1H3. The number of nitrogens with zero attached hydrogens (tertiary/aromatic N) is 2. The third-order valence-electron chi connectivity index (χ3n) is 3.84. The van der Waals surface area contributed by atoms with Gasteiger partial charge in [0.2, 0.25) is 0 Å². The van der Waals surface area contributed by atoms with Gasteiger partial charge in [0, 0.05) is 31.1 Å². The highest BCUT2D eigenvalue weighted by Crippen LogP contribution is 2.22. The molecule has 1 aromatic rings. The zero-order valence-electron chi connectivity index (χ0n) is 12.2. The first-order valence-electron chi connectivity index (χ1n) is 6.99. The van der Waals surface area contributed by atoms with Gasteiger partial charge in [-0.05, 0) is 18.2 Å². The zero-order chi connectivity index (χ0) is 15.7. The van der Waals surface area contributed by atoms with Crippen LogP contribution in [0.15, 0.2) is 24.3 Å². The van der Waals surface area contributed by atoms with Crippen molar-refractivity contribution in [3.63, 3.8) is 0 Å². The topological polar surface area (TPSA) is 76.2 Å². The fourth-order valence-corrected chi connectivity index (χ4v) is 2.61. The second kappa shape index (κ2) is 5.67. The van der Waals surface area contributed by atoms with Crippen LogP contribution in [-0.2, 0) is 9.53 Å². The number of amides is 3. The fourth-order valence-electron chi connectivity index (χ4n) is 2.61. The maximum atomic E-state index is 12.3. The molecule has 0 radical (unpaired) electrons. The Hall–Kier alpha value is -2.57. The summed E-state index contributed by atoms with van der Waals surface area (Å²) >= 11 is 0. The molecule has 2 aliphatic heterocycles. The van der Waals surface area contributed by atoms with E-state index in [4.69, 9.17) is 4.74 Å². The van der Waals surface area contributed by atoms with Crippen LogP contribution in [0.2, 0.25) is 0 Å². The van der Waals surface area contributed by atoms with E-state index in [1.54, 1.807) is 36.3 Å². The molecule has 0 unspecified atom stereocenters. The Labute approximate surface area is 127 Å². The summed E-state index contributed by atoms with van der Waals surface area (Å²) < 4.78 is 9.76. The van der Waals surface area contributed by atoms with E-state index in [2.05, 4.69) is 4.74 Å². The lowest BCUT2D eigenvalue weighted by molar-refractivity contribution is -0.126. The monoisotopic (exact) mass is 304 g/mol. The molecular formula is C15H16N2O5. The number of likely N-dealkylation sites (tertiary alicyclic amines) is 1. The van der Waals surface area contributed by atoms with Crippen LogP contribution in [0.1, 0.15) is 10.4 Å². The average Bonchev–Trinajstić information content (AvgIpc) is 2.81. The average molecular weight is 304 g/mol. The molecule has 3 rings (SSSR count). The summed E-state index contributed by atoms with van der Waals surface area (Å²) in [5, 5.41) is 0.